The maximum absolute atomic E-state index is 12.1. The number of nitrogens with zero attached hydrogens (tertiary/aromatic N) is 1. The molecule has 0 aliphatic carbocycles. The molecule has 2 N–H and O–H groups in total. The molecule has 4 nitrogen and oxygen atoms in total. The molecular weight excluding hydrogens is 332 g/mol. The number of amides is 1. The standard InChI is InChI=1S/C17H15ClN2O2S/c1-9-20-16-13(23-9)8-7-12(15(16)18)14(17(19)21)10-3-5-11(22-2)6-4-10/h3-8,14H,1-2H3,(H2,19,21). The largest absolute Gasteiger partial charge is 0.497 e. The molecule has 6 heteroatoms. The summed E-state index contributed by atoms with van der Waals surface area (Å²) in [7, 11) is 1.59. The van der Waals surface area contributed by atoms with Gasteiger partial charge >= 0.3 is 0 Å². The Balaban J connectivity index is 2.14. The number of carbonyl (C=O) groups is 1. The minimum atomic E-state index is -0.625. The predicted molar refractivity (Wildman–Crippen MR) is 93.4 cm³/mol. The molecule has 0 bridgehead atoms. The summed E-state index contributed by atoms with van der Waals surface area (Å²) in [5.74, 6) is -0.364. The van der Waals surface area contributed by atoms with Gasteiger partial charge in [-0.3, -0.25) is 4.79 Å². The summed E-state index contributed by atoms with van der Waals surface area (Å²) < 4.78 is 6.14. The van der Waals surface area contributed by atoms with E-state index in [4.69, 9.17) is 22.1 Å². The summed E-state index contributed by atoms with van der Waals surface area (Å²) in [6.07, 6.45) is 0. The molecule has 0 aliphatic heterocycles. The van der Waals surface area contributed by atoms with Gasteiger partial charge in [0.05, 0.1) is 27.8 Å². The zero-order valence-electron chi connectivity index (χ0n) is 12.7. The Kier molecular flexibility index (Phi) is 4.24. The van der Waals surface area contributed by atoms with Crippen LogP contribution in [0.4, 0.5) is 0 Å². The fourth-order valence-electron chi connectivity index (χ4n) is 2.60. The van der Waals surface area contributed by atoms with Gasteiger partial charge in [0.25, 0.3) is 0 Å². The fraction of sp³-hybridized carbons (Fsp3) is 0.176. The van der Waals surface area contributed by atoms with Crippen molar-refractivity contribution in [1.82, 2.24) is 4.98 Å². The van der Waals surface area contributed by atoms with Crippen LogP contribution in [0.5, 0.6) is 5.75 Å². The Morgan fingerprint density at radius 3 is 2.57 bits per heavy atom. The fourth-order valence-corrected chi connectivity index (χ4v) is 3.81. The summed E-state index contributed by atoms with van der Waals surface area (Å²) in [6, 6.07) is 11.0. The van der Waals surface area contributed by atoms with Crippen LogP contribution >= 0.6 is 22.9 Å². The van der Waals surface area contributed by atoms with E-state index in [1.54, 1.807) is 30.6 Å². The van der Waals surface area contributed by atoms with Crippen LogP contribution in [-0.4, -0.2) is 18.0 Å². The van der Waals surface area contributed by atoms with Gasteiger partial charge in [-0.25, -0.2) is 4.98 Å². The first kappa shape index (κ1) is 15.8. The molecule has 0 saturated heterocycles. The smallest absolute Gasteiger partial charge is 0.229 e. The van der Waals surface area contributed by atoms with Crippen molar-refractivity contribution in [3.05, 3.63) is 57.6 Å². The Hall–Kier alpha value is -2.11. The van der Waals surface area contributed by atoms with E-state index >= 15 is 0 Å². The molecule has 0 saturated carbocycles. The number of primary amides is 1. The number of hydrogen-bond acceptors (Lipinski definition) is 4. The number of thiazole rings is 1. The highest BCUT2D eigenvalue weighted by Gasteiger charge is 2.24. The van der Waals surface area contributed by atoms with Crippen molar-refractivity contribution in [2.45, 2.75) is 12.8 Å². The van der Waals surface area contributed by atoms with E-state index in [-0.39, 0.29) is 0 Å². The Morgan fingerprint density at radius 2 is 1.96 bits per heavy atom. The van der Waals surface area contributed by atoms with Crippen molar-refractivity contribution in [2.75, 3.05) is 7.11 Å². The number of nitrogens with two attached hydrogens (primary N) is 1. The SMILES string of the molecule is COc1ccc(C(C(N)=O)c2ccc3sc(C)nc3c2Cl)cc1. The quantitative estimate of drug-likeness (QED) is 0.779. The first-order valence-electron chi connectivity index (χ1n) is 7.00. The van der Waals surface area contributed by atoms with Crippen LogP contribution in [0.1, 0.15) is 22.1 Å². The van der Waals surface area contributed by atoms with Crippen molar-refractivity contribution in [1.29, 1.82) is 0 Å². The molecular formula is C17H15ClN2O2S. The van der Waals surface area contributed by atoms with Gasteiger partial charge in [-0.2, -0.15) is 0 Å². The Bertz CT molecular complexity index is 874. The van der Waals surface area contributed by atoms with Crippen LogP contribution in [0.25, 0.3) is 10.2 Å². The van der Waals surface area contributed by atoms with Gasteiger partial charge in [0.2, 0.25) is 5.91 Å². The molecule has 0 fully saturated rings. The average molecular weight is 347 g/mol. The lowest BCUT2D eigenvalue weighted by Crippen LogP contribution is -2.22. The van der Waals surface area contributed by atoms with E-state index in [2.05, 4.69) is 4.98 Å². The van der Waals surface area contributed by atoms with Crippen LogP contribution < -0.4 is 10.5 Å². The van der Waals surface area contributed by atoms with Crippen molar-refractivity contribution < 1.29 is 9.53 Å². The van der Waals surface area contributed by atoms with Crippen molar-refractivity contribution in [3.63, 3.8) is 0 Å². The van der Waals surface area contributed by atoms with Crippen LogP contribution in [0.3, 0.4) is 0 Å². The molecule has 1 unspecified atom stereocenters. The number of halogens is 1. The van der Waals surface area contributed by atoms with E-state index in [1.165, 1.54) is 0 Å². The molecule has 0 spiro atoms. The number of benzene rings is 2. The van der Waals surface area contributed by atoms with Crippen LogP contribution in [-0.2, 0) is 4.79 Å². The Labute approximate surface area is 142 Å². The molecule has 3 rings (SSSR count). The van der Waals surface area contributed by atoms with Gasteiger partial charge in [-0.05, 0) is 36.2 Å². The number of aromatic nitrogens is 1. The lowest BCUT2D eigenvalue weighted by molar-refractivity contribution is -0.118. The van der Waals surface area contributed by atoms with Crippen LogP contribution in [0.2, 0.25) is 5.02 Å². The third-order valence-corrected chi connectivity index (χ3v) is 5.01. The molecule has 2 aromatic carbocycles. The highest BCUT2D eigenvalue weighted by atomic mass is 35.5. The van der Waals surface area contributed by atoms with Crippen molar-refractivity contribution in [3.8, 4) is 5.75 Å². The summed E-state index contributed by atoms with van der Waals surface area (Å²) in [5, 5.41) is 1.41. The zero-order chi connectivity index (χ0) is 16.6. The van der Waals surface area contributed by atoms with Gasteiger partial charge in [0.1, 0.15) is 11.3 Å². The second-order valence-corrected chi connectivity index (χ2v) is 6.77. The van der Waals surface area contributed by atoms with E-state index in [0.717, 1.165) is 15.3 Å². The lowest BCUT2D eigenvalue weighted by atomic mass is 9.90. The molecule has 1 amide bonds. The molecule has 1 atom stereocenters. The highest BCUT2D eigenvalue weighted by molar-refractivity contribution is 7.18. The molecule has 1 aromatic heterocycles. The second-order valence-electron chi connectivity index (χ2n) is 5.16. The maximum Gasteiger partial charge on any atom is 0.229 e. The minimum absolute atomic E-state index is 0.455. The van der Waals surface area contributed by atoms with E-state index < -0.39 is 11.8 Å². The van der Waals surface area contributed by atoms with E-state index in [0.29, 0.717) is 21.9 Å². The summed E-state index contributed by atoms with van der Waals surface area (Å²) in [5.41, 5.74) is 7.80. The van der Waals surface area contributed by atoms with Gasteiger partial charge in [0.15, 0.2) is 0 Å². The van der Waals surface area contributed by atoms with E-state index in [1.807, 2.05) is 31.2 Å². The third kappa shape index (κ3) is 2.90. The second kappa shape index (κ2) is 6.18. The monoisotopic (exact) mass is 346 g/mol. The van der Waals surface area contributed by atoms with Crippen molar-refractivity contribution in [2.24, 2.45) is 5.73 Å². The number of fused-ring (bicyclic) bond motifs is 1. The van der Waals surface area contributed by atoms with Gasteiger partial charge in [-0.15, -0.1) is 11.3 Å². The maximum atomic E-state index is 12.1. The minimum Gasteiger partial charge on any atom is -0.497 e. The number of aryl methyl sites for hydroxylation is 1. The number of methoxy groups -OCH3 is 1. The lowest BCUT2D eigenvalue weighted by Gasteiger charge is -2.16. The molecule has 0 radical (unpaired) electrons. The Morgan fingerprint density at radius 1 is 1.26 bits per heavy atom. The number of rotatable bonds is 4. The average Bonchev–Trinajstić information content (AvgIpc) is 2.92. The summed E-state index contributed by atoms with van der Waals surface area (Å²) >= 11 is 8.08. The van der Waals surface area contributed by atoms with Gasteiger partial charge in [0, 0.05) is 0 Å². The van der Waals surface area contributed by atoms with Crippen LogP contribution in [0.15, 0.2) is 36.4 Å². The highest BCUT2D eigenvalue weighted by Crippen LogP contribution is 2.37. The number of hydrogen-bond donors (Lipinski definition) is 1. The number of ether oxygens (including phenoxy) is 1. The van der Waals surface area contributed by atoms with Crippen LogP contribution in [0, 0.1) is 6.92 Å². The molecule has 23 heavy (non-hydrogen) atoms. The first-order chi connectivity index (χ1) is 11.0. The summed E-state index contributed by atoms with van der Waals surface area (Å²) in [4.78, 5) is 16.5. The third-order valence-electron chi connectivity index (χ3n) is 3.68. The summed E-state index contributed by atoms with van der Waals surface area (Å²) in [6.45, 7) is 1.93. The normalized spacial score (nSPS) is 12.3. The molecule has 0 aliphatic rings. The predicted octanol–water partition coefficient (Wildman–Crippen LogP) is 3.88. The van der Waals surface area contributed by atoms with Crippen molar-refractivity contribution >= 4 is 39.1 Å². The van der Waals surface area contributed by atoms with Gasteiger partial charge in [-0.1, -0.05) is 29.8 Å². The molecule has 1 heterocycles. The zero-order valence-corrected chi connectivity index (χ0v) is 14.2. The first-order valence-corrected chi connectivity index (χ1v) is 8.19. The number of carbonyl (C=O) groups excluding carboxylic acids is 1. The van der Waals surface area contributed by atoms with E-state index in [9.17, 15) is 4.79 Å². The van der Waals surface area contributed by atoms with Gasteiger partial charge < -0.3 is 10.5 Å². The molecule has 3 aromatic rings. The molecule has 118 valence electrons. The topological polar surface area (TPSA) is 65.2 Å².